The molecule has 106 valence electrons. The maximum Gasteiger partial charge on any atom is 0.416 e. The van der Waals surface area contributed by atoms with Gasteiger partial charge < -0.3 is 10.1 Å². The topological polar surface area (TPSA) is 21.3 Å². The second-order valence-corrected chi connectivity index (χ2v) is 4.97. The summed E-state index contributed by atoms with van der Waals surface area (Å²) >= 11 is 0. The lowest BCUT2D eigenvalue weighted by Gasteiger charge is -2.37. The molecule has 0 bridgehead atoms. The molecule has 1 fully saturated rings. The minimum atomic E-state index is -4.31. The molecule has 0 aromatic heterocycles. The van der Waals surface area contributed by atoms with Crippen molar-refractivity contribution < 1.29 is 17.9 Å². The van der Waals surface area contributed by atoms with Gasteiger partial charge in [0, 0.05) is 13.5 Å². The van der Waals surface area contributed by atoms with E-state index in [0.29, 0.717) is 12.0 Å². The molecule has 0 amide bonds. The van der Waals surface area contributed by atoms with Gasteiger partial charge in [-0.1, -0.05) is 18.2 Å². The maximum atomic E-state index is 13.0. The first kappa shape index (κ1) is 14.3. The van der Waals surface area contributed by atoms with Crippen molar-refractivity contribution in [2.24, 2.45) is 0 Å². The Bertz CT molecular complexity index is 425. The number of ether oxygens (including phenoxy) is 1. The van der Waals surface area contributed by atoms with Crippen LogP contribution in [0.15, 0.2) is 24.3 Å². The van der Waals surface area contributed by atoms with Crippen molar-refractivity contribution in [3.8, 4) is 0 Å². The third-order valence-corrected chi connectivity index (χ3v) is 3.78. The predicted octanol–water partition coefficient (Wildman–Crippen LogP) is 3.02. The van der Waals surface area contributed by atoms with Crippen molar-refractivity contribution in [1.29, 1.82) is 0 Å². The number of rotatable bonds is 3. The summed E-state index contributed by atoms with van der Waals surface area (Å²) in [5, 5.41) is 3.20. The Labute approximate surface area is 111 Å². The van der Waals surface area contributed by atoms with Gasteiger partial charge in [-0.2, -0.15) is 13.2 Å². The fraction of sp³-hybridized carbons (Fsp3) is 0.571. The maximum absolute atomic E-state index is 13.0. The summed E-state index contributed by atoms with van der Waals surface area (Å²) in [6, 6.07) is 5.76. The van der Waals surface area contributed by atoms with Crippen molar-refractivity contribution in [2.75, 3.05) is 20.2 Å². The quantitative estimate of drug-likeness (QED) is 0.914. The highest BCUT2D eigenvalue weighted by atomic mass is 19.4. The molecule has 5 heteroatoms. The summed E-state index contributed by atoms with van der Waals surface area (Å²) in [5.74, 6) is 0. The van der Waals surface area contributed by atoms with Crippen LogP contribution in [0, 0.1) is 0 Å². The first-order valence-corrected chi connectivity index (χ1v) is 6.38. The Morgan fingerprint density at radius 3 is 2.42 bits per heavy atom. The number of halogens is 3. The van der Waals surface area contributed by atoms with Crippen LogP contribution in [0.5, 0.6) is 0 Å². The van der Waals surface area contributed by atoms with Gasteiger partial charge in [0.05, 0.1) is 11.2 Å². The van der Waals surface area contributed by atoms with Crippen LogP contribution >= 0.6 is 0 Å². The van der Waals surface area contributed by atoms with E-state index in [1.54, 1.807) is 19.2 Å². The lowest BCUT2D eigenvalue weighted by atomic mass is 9.84. The summed E-state index contributed by atoms with van der Waals surface area (Å²) in [4.78, 5) is 0. The first-order chi connectivity index (χ1) is 8.97. The summed E-state index contributed by atoms with van der Waals surface area (Å²) in [7, 11) is 1.58. The zero-order valence-corrected chi connectivity index (χ0v) is 10.9. The van der Waals surface area contributed by atoms with E-state index in [1.165, 1.54) is 6.07 Å². The Morgan fingerprint density at radius 2 is 1.84 bits per heavy atom. The zero-order valence-electron chi connectivity index (χ0n) is 10.9. The molecular weight excluding hydrogens is 255 g/mol. The molecule has 0 radical (unpaired) electrons. The molecule has 0 spiro atoms. The molecule has 0 unspecified atom stereocenters. The van der Waals surface area contributed by atoms with E-state index in [2.05, 4.69) is 5.32 Å². The average molecular weight is 273 g/mol. The molecule has 2 nitrogen and oxygen atoms in total. The predicted molar refractivity (Wildman–Crippen MR) is 67.0 cm³/mol. The van der Waals surface area contributed by atoms with Gasteiger partial charge in [-0.15, -0.1) is 0 Å². The highest BCUT2D eigenvalue weighted by Crippen LogP contribution is 2.35. The number of hydrogen-bond donors (Lipinski definition) is 1. The monoisotopic (exact) mass is 273 g/mol. The van der Waals surface area contributed by atoms with E-state index < -0.39 is 17.3 Å². The third kappa shape index (κ3) is 3.28. The lowest BCUT2D eigenvalue weighted by molar-refractivity contribution is -0.138. The molecule has 0 atom stereocenters. The van der Waals surface area contributed by atoms with Gasteiger partial charge in [0.2, 0.25) is 0 Å². The molecule has 0 aliphatic carbocycles. The van der Waals surface area contributed by atoms with E-state index in [-0.39, 0.29) is 0 Å². The van der Waals surface area contributed by atoms with Crippen LogP contribution in [0.1, 0.15) is 24.0 Å². The van der Waals surface area contributed by atoms with Gasteiger partial charge in [-0.3, -0.25) is 0 Å². The molecule has 1 N–H and O–H groups in total. The van der Waals surface area contributed by atoms with Crippen molar-refractivity contribution in [2.45, 2.75) is 31.0 Å². The van der Waals surface area contributed by atoms with E-state index in [0.717, 1.165) is 32.0 Å². The van der Waals surface area contributed by atoms with E-state index >= 15 is 0 Å². The largest absolute Gasteiger partial charge is 0.416 e. The fourth-order valence-corrected chi connectivity index (χ4v) is 2.63. The molecule has 1 heterocycles. The van der Waals surface area contributed by atoms with Crippen molar-refractivity contribution in [1.82, 2.24) is 5.32 Å². The number of alkyl halides is 3. The van der Waals surface area contributed by atoms with Crippen LogP contribution in [0.25, 0.3) is 0 Å². The van der Waals surface area contributed by atoms with Gasteiger partial charge >= 0.3 is 6.18 Å². The van der Waals surface area contributed by atoms with E-state index in [4.69, 9.17) is 4.74 Å². The molecule has 1 saturated heterocycles. The SMILES string of the molecule is COC1(Cc2ccccc2C(F)(F)F)CCNCC1. The fourth-order valence-electron chi connectivity index (χ4n) is 2.63. The molecule has 1 aromatic rings. The minimum absolute atomic E-state index is 0.306. The number of nitrogens with one attached hydrogen (secondary N) is 1. The number of benzene rings is 1. The molecule has 1 aliphatic rings. The molecular formula is C14H18F3NO. The van der Waals surface area contributed by atoms with Crippen LogP contribution in [-0.2, 0) is 17.3 Å². The smallest absolute Gasteiger partial charge is 0.378 e. The van der Waals surface area contributed by atoms with Gasteiger partial charge in [-0.25, -0.2) is 0 Å². The Hall–Kier alpha value is -1.07. The van der Waals surface area contributed by atoms with Crippen LogP contribution in [0.3, 0.4) is 0 Å². The highest BCUT2D eigenvalue weighted by molar-refractivity contribution is 5.31. The lowest BCUT2D eigenvalue weighted by Crippen LogP contribution is -2.45. The van der Waals surface area contributed by atoms with Crippen LogP contribution in [0.2, 0.25) is 0 Å². The van der Waals surface area contributed by atoms with Crippen molar-refractivity contribution in [3.63, 3.8) is 0 Å². The minimum Gasteiger partial charge on any atom is -0.378 e. The van der Waals surface area contributed by atoms with E-state index in [1.807, 2.05) is 0 Å². The summed E-state index contributed by atoms with van der Waals surface area (Å²) in [6.07, 6.45) is -2.54. The zero-order chi connectivity index (χ0) is 13.9. The summed E-state index contributed by atoms with van der Waals surface area (Å²) in [5.41, 5.74) is -0.712. The molecule has 0 saturated carbocycles. The molecule has 2 rings (SSSR count). The third-order valence-electron chi connectivity index (χ3n) is 3.78. The summed E-state index contributed by atoms with van der Waals surface area (Å²) in [6.45, 7) is 1.56. The van der Waals surface area contributed by atoms with Gasteiger partial charge in [0.15, 0.2) is 0 Å². The van der Waals surface area contributed by atoms with Gasteiger partial charge in [0.25, 0.3) is 0 Å². The van der Waals surface area contributed by atoms with Crippen LogP contribution in [0.4, 0.5) is 13.2 Å². The number of hydrogen-bond acceptors (Lipinski definition) is 2. The molecule has 1 aromatic carbocycles. The number of piperidine rings is 1. The second kappa shape index (κ2) is 5.51. The molecule has 1 aliphatic heterocycles. The molecule has 19 heavy (non-hydrogen) atoms. The van der Waals surface area contributed by atoms with Crippen molar-refractivity contribution >= 4 is 0 Å². The average Bonchev–Trinajstić information content (AvgIpc) is 2.39. The van der Waals surface area contributed by atoms with Crippen molar-refractivity contribution in [3.05, 3.63) is 35.4 Å². The van der Waals surface area contributed by atoms with Gasteiger partial charge in [0.1, 0.15) is 0 Å². The number of methoxy groups -OCH3 is 1. The van der Waals surface area contributed by atoms with E-state index in [9.17, 15) is 13.2 Å². The normalized spacial score (nSPS) is 19.4. The standard InChI is InChI=1S/C14H18F3NO/c1-19-13(6-8-18-9-7-13)10-11-4-2-3-5-12(11)14(15,16)17/h2-5,18H,6-10H2,1H3. The second-order valence-electron chi connectivity index (χ2n) is 4.97. The van der Waals surface area contributed by atoms with Gasteiger partial charge in [-0.05, 0) is 37.6 Å². The van der Waals surface area contributed by atoms with Crippen LogP contribution in [-0.4, -0.2) is 25.8 Å². The first-order valence-electron chi connectivity index (χ1n) is 6.38. The Morgan fingerprint density at radius 1 is 1.21 bits per heavy atom. The Kier molecular flexibility index (Phi) is 4.16. The Balaban J connectivity index is 2.27. The highest BCUT2D eigenvalue weighted by Gasteiger charge is 2.37. The van der Waals surface area contributed by atoms with Crippen LogP contribution < -0.4 is 5.32 Å². The summed E-state index contributed by atoms with van der Waals surface area (Å²) < 4.78 is 44.5.